The minimum Gasteiger partial charge on any atom is -0.477 e. The summed E-state index contributed by atoms with van der Waals surface area (Å²) in [4.78, 5) is 4.30. The number of pyridine rings is 1. The fourth-order valence-corrected chi connectivity index (χ4v) is 2.03. The summed E-state index contributed by atoms with van der Waals surface area (Å²) in [5.74, 6) is 1.44. The van der Waals surface area contributed by atoms with Crippen LogP contribution >= 0.6 is 0 Å². The lowest BCUT2D eigenvalue weighted by molar-refractivity contribution is 0.243. The van der Waals surface area contributed by atoms with Crippen molar-refractivity contribution >= 4 is 0 Å². The number of hydrogen-bond acceptors (Lipinski definition) is 3. The van der Waals surface area contributed by atoms with Gasteiger partial charge in [-0.2, -0.15) is 0 Å². The molecule has 0 aromatic carbocycles. The van der Waals surface area contributed by atoms with Crippen LogP contribution in [0.2, 0.25) is 0 Å². The number of nitrogens with zero attached hydrogens (tertiary/aromatic N) is 1. The summed E-state index contributed by atoms with van der Waals surface area (Å²) in [5, 5.41) is 0. The molecular weight excluding hydrogens is 188 g/mol. The highest BCUT2D eigenvalue weighted by molar-refractivity contribution is 5.15. The van der Waals surface area contributed by atoms with Gasteiger partial charge in [0.1, 0.15) is 0 Å². The molecule has 0 saturated heterocycles. The summed E-state index contributed by atoms with van der Waals surface area (Å²) >= 11 is 0. The molecule has 1 heterocycles. The monoisotopic (exact) mass is 206 g/mol. The third-order valence-electron chi connectivity index (χ3n) is 2.93. The lowest BCUT2D eigenvalue weighted by Crippen LogP contribution is -2.09. The van der Waals surface area contributed by atoms with Gasteiger partial charge in [0, 0.05) is 12.6 Å². The van der Waals surface area contributed by atoms with Gasteiger partial charge < -0.3 is 10.5 Å². The van der Waals surface area contributed by atoms with Crippen LogP contribution in [0.25, 0.3) is 0 Å². The molecule has 1 aromatic rings. The van der Waals surface area contributed by atoms with Gasteiger partial charge in [-0.05, 0) is 24.8 Å². The Labute approximate surface area is 90.7 Å². The van der Waals surface area contributed by atoms with Crippen molar-refractivity contribution in [1.82, 2.24) is 4.98 Å². The van der Waals surface area contributed by atoms with Crippen molar-refractivity contribution in [3.63, 3.8) is 0 Å². The molecule has 1 fully saturated rings. The van der Waals surface area contributed by atoms with Crippen LogP contribution in [0.1, 0.15) is 31.4 Å². The van der Waals surface area contributed by atoms with Crippen LogP contribution in [-0.2, 0) is 6.54 Å². The van der Waals surface area contributed by atoms with Crippen LogP contribution in [-0.4, -0.2) is 11.6 Å². The Morgan fingerprint density at radius 1 is 1.33 bits per heavy atom. The number of aromatic nitrogens is 1. The summed E-state index contributed by atoms with van der Waals surface area (Å²) < 4.78 is 5.67. The molecule has 3 heteroatoms. The van der Waals surface area contributed by atoms with Crippen molar-refractivity contribution in [2.45, 2.75) is 32.2 Å². The standard InChI is InChI=1S/C12H18N2O/c13-8-11-6-3-7-12(14-11)15-9-10-4-1-2-5-10/h3,6-7,10H,1-2,4-5,8-9,13H2. The fraction of sp³-hybridized carbons (Fsp3) is 0.583. The van der Waals surface area contributed by atoms with Gasteiger partial charge >= 0.3 is 0 Å². The maximum Gasteiger partial charge on any atom is 0.213 e. The van der Waals surface area contributed by atoms with Crippen molar-refractivity contribution in [2.75, 3.05) is 6.61 Å². The number of ether oxygens (including phenoxy) is 1. The summed E-state index contributed by atoms with van der Waals surface area (Å²) in [6.45, 7) is 1.28. The Morgan fingerprint density at radius 3 is 2.87 bits per heavy atom. The van der Waals surface area contributed by atoms with Crippen LogP contribution in [0.4, 0.5) is 0 Å². The van der Waals surface area contributed by atoms with E-state index in [-0.39, 0.29) is 0 Å². The molecule has 2 rings (SSSR count). The second-order valence-electron chi connectivity index (χ2n) is 4.13. The maximum atomic E-state index is 5.67. The Kier molecular flexibility index (Phi) is 3.56. The largest absolute Gasteiger partial charge is 0.477 e. The molecule has 1 aromatic heterocycles. The van der Waals surface area contributed by atoms with E-state index in [0.29, 0.717) is 12.4 Å². The molecule has 82 valence electrons. The highest BCUT2D eigenvalue weighted by Gasteiger charge is 2.15. The molecule has 1 aliphatic carbocycles. The lowest BCUT2D eigenvalue weighted by atomic mass is 10.1. The van der Waals surface area contributed by atoms with E-state index in [1.165, 1.54) is 25.7 Å². The molecule has 1 saturated carbocycles. The second kappa shape index (κ2) is 5.12. The Bertz CT molecular complexity index is 308. The zero-order chi connectivity index (χ0) is 10.5. The van der Waals surface area contributed by atoms with Crippen LogP contribution in [0.15, 0.2) is 18.2 Å². The van der Waals surface area contributed by atoms with E-state index < -0.39 is 0 Å². The quantitative estimate of drug-likeness (QED) is 0.820. The average molecular weight is 206 g/mol. The van der Waals surface area contributed by atoms with E-state index in [1.807, 2.05) is 18.2 Å². The van der Waals surface area contributed by atoms with E-state index >= 15 is 0 Å². The molecule has 1 aliphatic rings. The lowest BCUT2D eigenvalue weighted by Gasteiger charge is -2.10. The van der Waals surface area contributed by atoms with Gasteiger partial charge in [-0.3, -0.25) is 0 Å². The van der Waals surface area contributed by atoms with Gasteiger partial charge in [0.25, 0.3) is 0 Å². The van der Waals surface area contributed by atoms with Crippen molar-refractivity contribution in [1.29, 1.82) is 0 Å². The van der Waals surface area contributed by atoms with Crippen molar-refractivity contribution < 1.29 is 4.74 Å². The maximum absolute atomic E-state index is 5.67. The van der Waals surface area contributed by atoms with Gasteiger partial charge in [-0.15, -0.1) is 0 Å². The zero-order valence-corrected chi connectivity index (χ0v) is 8.98. The first-order valence-corrected chi connectivity index (χ1v) is 5.67. The van der Waals surface area contributed by atoms with Gasteiger partial charge in [0.15, 0.2) is 0 Å². The zero-order valence-electron chi connectivity index (χ0n) is 8.98. The molecule has 0 atom stereocenters. The second-order valence-corrected chi connectivity index (χ2v) is 4.13. The smallest absolute Gasteiger partial charge is 0.213 e. The van der Waals surface area contributed by atoms with Gasteiger partial charge in [-0.25, -0.2) is 4.98 Å². The van der Waals surface area contributed by atoms with E-state index in [0.717, 1.165) is 18.2 Å². The van der Waals surface area contributed by atoms with E-state index in [1.54, 1.807) is 0 Å². The van der Waals surface area contributed by atoms with Crippen LogP contribution in [0.3, 0.4) is 0 Å². The van der Waals surface area contributed by atoms with E-state index in [4.69, 9.17) is 10.5 Å². The first-order valence-electron chi connectivity index (χ1n) is 5.67. The predicted molar refractivity (Wildman–Crippen MR) is 59.6 cm³/mol. The molecule has 3 nitrogen and oxygen atoms in total. The third kappa shape index (κ3) is 2.93. The molecule has 0 spiro atoms. The highest BCUT2D eigenvalue weighted by Crippen LogP contribution is 2.25. The fourth-order valence-electron chi connectivity index (χ4n) is 2.03. The normalized spacial score (nSPS) is 16.9. The first kappa shape index (κ1) is 10.4. The molecule has 15 heavy (non-hydrogen) atoms. The molecule has 0 bridgehead atoms. The number of nitrogens with two attached hydrogens (primary N) is 1. The average Bonchev–Trinajstić information content (AvgIpc) is 2.79. The molecular formula is C12H18N2O. The third-order valence-corrected chi connectivity index (χ3v) is 2.93. The molecule has 0 aliphatic heterocycles. The van der Waals surface area contributed by atoms with Crippen LogP contribution in [0.5, 0.6) is 5.88 Å². The van der Waals surface area contributed by atoms with Crippen LogP contribution in [0, 0.1) is 5.92 Å². The Morgan fingerprint density at radius 2 is 2.13 bits per heavy atom. The minimum atomic E-state index is 0.473. The first-order chi connectivity index (χ1) is 7.38. The molecule has 0 amide bonds. The summed E-state index contributed by atoms with van der Waals surface area (Å²) in [7, 11) is 0. The number of hydrogen-bond donors (Lipinski definition) is 1. The minimum absolute atomic E-state index is 0.473. The van der Waals surface area contributed by atoms with Gasteiger partial charge in [0.2, 0.25) is 5.88 Å². The molecule has 0 radical (unpaired) electrons. The Hall–Kier alpha value is -1.09. The topological polar surface area (TPSA) is 48.1 Å². The van der Waals surface area contributed by atoms with Crippen molar-refractivity contribution in [2.24, 2.45) is 11.7 Å². The van der Waals surface area contributed by atoms with Crippen molar-refractivity contribution in [3.8, 4) is 5.88 Å². The van der Waals surface area contributed by atoms with Gasteiger partial charge in [0.05, 0.1) is 12.3 Å². The molecule has 0 unspecified atom stereocenters. The van der Waals surface area contributed by atoms with Gasteiger partial charge in [-0.1, -0.05) is 18.9 Å². The van der Waals surface area contributed by atoms with Crippen molar-refractivity contribution in [3.05, 3.63) is 23.9 Å². The predicted octanol–water partition coefficient (Wildman–Crippen LogP) is 2.11. The summed E-state index contributed by atoms with van der Waals surface area (Å²) in [6.07, 6.45) is 5.31. The molecule has 2 N–H and O–H groups in total. The summed E-state index contributed by atoms with van der Waals surface area (Å²) in [6, 6.07) is 5.76. The SMILES string of the molecule is NCc1cccc(OCC2CCCC2)n1. The van der Waals surface area contributed by atoms with Crippen LogP contribution < -0.4 is 10.5 Å². The summed E-state index contributed by atoms with van der Waals surface area (Å²) in [5.41, 5.74) is 6.41. The number of rotatable bonds is 4. The van der Waals surface area contributed by atoms with E-state index in [2.05, 4.69) is 4.98 Å². The Balaban J connectivity index is 1.86. The van der Waals surface area contributed by atoms with E-state index in [9.17, 15) is 0 Å². The highest BCUT2D eigenvalue weighted by atomic mass is 16.5.